The molecule has 2 aromatic carbocycles. The van der Waals surface area contributed by atoms with Gasteiger partial charge in [0.1, 0.15) is 23.9 Å². The predicted molar refractivity (Wildman–Crippen MR) is 148 cm³/mol. The van der Waals surface area contributed by atoms with Crippen LogP contribution in [0.15, 0.2) is 59.2 Å². The molecule has 0 radical (unpaired) electrons. The molecule has 0 saturated carbocycles. The standard InChI is InChI=1S/C29H33N5O7/c1-37-24-14-19(15-25(38-2)28(24)39-3)27(29(36)30-16-20-8-6-12-40-20)33(17-21-9-7-13-41-21)26(35)18-34-23-11-5-4-10-22(23)31-32-34/h4-5,7,9-11,13-15,20,27H,6,8,12,16-18H2,1-3H3,(H,30,36)/t20-,27+/m0/s1. The maximum atomic E-state index is 14.1. The lowest BCUT2D eigenvalue weighted by Crippen LogP contribution is -2.46. The van der Waals surface area contributed by atoms with Crippen molar-refractivity contribution in [2.75, 3.05) is 34.5 Å². The van der Waals surface area contributed by atoms with Crippen molar-refractivity contribution in [3.63, 3.8) is 0 Å². The Hall–Kier alpha value is -4.58. The summed E-state index contributed by atoms with van der Waals surface area (Å²) in [5.74, 6) is 0.820. The molecule has 12 heteroatoms. The number of nitrogens with zero attached hydrogens (tertiary/aromatic N) is 4. The third kappa shape index (κ3) is 6.12. The average Bonchev–Trinajstić information content (AvgIpc) is 3.78. The first-order chi connectivity index (χ1) is 20.0. The van der Waals surface area contributed by atoms with Crippen LogP contribution < -0.4 is 19.5 Å². The number of carbonyl (C=O) groups excluding carboxylic acids is 2. The van der Waals surface area contributed by atoms with Gasteiger partial charge in [-0.3, -0.25) is 9.59 Å². The Morgan fingerprint density at radius 1 is 1.10 bits per heavy atom. The zero-order valence-electron chi connectivity index (χ0n) is 23.2. The topological polar surface area (TPSA) is 130 Å². The molecule has 4 aromatic rings. The van der Waals surface area contributed by atoms with Crippen LogP contribution >= 0.6 is 0 Å². The Labute approximate surface area is 237 Å². The molecule has 1 fully saturated rings. The van der Waals surface area contributed by atoms with Crippen LogP contribution in [0.2, 0.25) is 0 Å². The van der Waals surface area contributed by atoms with Gasteiger partial charge in [-0.15, -0.1) is 5.10 Å². The number of rotatable bonds is 12. The Morgan fingerprint density at radius 3 is 2.54 bits per heavy atom. The number of ether oxygens (including phenoxy) is 4. The molecule has 2 amide bonds. The minimum absolute atomic E-state index is 0.0210. The summed E-state index contributed by atoms with van der Waals surface area (Å²) in [4.78, 5) is 29.6. The molecule has 1 aliphatic rings. The molecular formula is C29H33N5O7. The smallest absolute Gasteiger partial charge is 0.247 e. The number of hydrogen-bond donors (Lipinski definition) is 1. The minimum Gasteiger partial charge on any atom is -0.493 e. The van der Waals surface area contributed by atoms with E-state index in [0.717, 1.165) is 12.8 Å². The summed E-state index contributed by atoms with van der Waals surface area (Å²) in [7, 11) is 4.49. The quantitative estimate of drug-likeness (QED) is 0.276. The van der Waals surface area contributed by atoms with Gasteiger partial charge in [-0.05, 0) is 54.8 Å². The van der Waals surface area contributed by atoms with Crippen LogP contribution in [0.4, 0.5) is 0 Å². The van der Waals surface area contributed by atoms with Crippen LogP contribution in [-0.4, -0.2) is 72.3 Å². The molecule has 41 heavy (non-hydrogen) atoms. The minimum atomic E-state index is -1.09. The van der Waals surface area contributed by atoms with Crippen LogP contribution in [-0.2, 0) is 27.4 Å². The number of amides is 2. The molecule has 1 aliphatic heterocycles. The number of aromatic nitrogens is 3. The molecule has 3 heterocycles. The van der Waals surface area contributed by atoms with Crippen LogP contribution in [0, 0.1) is 0 Å². The van der Waals surface area contributed by atoms with Crippen molar-refractivity contribution in [1.29, 1.82) is 0 Å². The van der Waals surface area contributed by atoms with Gasteiger partial charge in [0.15, 0.2) is 11.5 Å². The molecule has 0 bridgehead atoms. The van der Waals surface area contributed by atoms with E-state index in [9.17, 15) is 9.59 Å². The van der Waals surface area contributed by atoms with E-state index in [1.165, 1.54) is 37.2 Å². The number of carbonyl (C=O) groups is 2. The predicted octanol–water partition coefficient (Wildman–Crippen LogP) is 3.12. The van der Waals surface area contributed by atoms with Crippen molar-refractivity contribution in [3.05, 3.63) is 66.1 Å². The lowest BCUT2D eigenvalue weighted by atomic mass is 10.0. The van der Waals surface area contributed by atoms with Crippen molar-refractivity contribution in [3.8, 4) is 17.2 Å². The fourth-order valence-electron chi connectivity index (χ4n) is 5.00. The summed E-state index contributed by atoms with van der Waals surface area (Å²) in [5, 5.41) is 11.3. The van der Waals surface area contributed by atoms with Crippen molar-refractivity contribution >= 4 is 22.8 Å². The van der Waals surface area contributed by atoms with E-state index >= 15 is 0 Å². The summed E-state index contributed by atoms with van der Waals surface area (Å²) in [6.07, 6.45) is 3.22. The number of fused-ring (bicyclic) bond motifs is 1. The lowest BCUT2D eigenvalue weighted by Gasteiger charge is -2.31. The first-order valence-electron chi connectivity index (χ1n) is 13.3. The second kappa shape index (κ2) is 12.7. The van der Waals surface area contributed by atoms with Gasteiger partial charge >= 0.3 is 0 Å². The molecule has 0 spiro atoms. The Bertz CT molecular complexity index is 1450. The first kappa shape index (κ1) is 28.0. The molecule has 1 saturated heterocycles. The molecule has 1 N–H and O–H groups in total. The van der Waals surface area contributed by atoms with E-state index < -0.39 is 11.9 Å². The van der Waals surface area contributed by atoms with Crippen LogP contribution in [0.1, 0.15) is 30.2 Å². The SMILES string of the molecule is COc1cc([C@H](C(=O)NC[C@@H]2CCCO2)N(Cc2ccco2)C(=O)Cn2nnc3ccccc32)cc(OC)c1OC. The van der Waals surface area contributed by atoms with Crippen molar-refractivity contribution in [1.82, 2.24) is 25.2 Å². The zero-order valence-corrected chi connectivity index (χ0v) is 23.2. The highest BCUT2D eigenvalue weighted by Gasteiger charge is 2.35. The third-order valence-electron chi connectivity index (χ3n) is 7.02. The maximum absolute atomic E-state index is 14.1. The van der Waals surface area contributed by atoms with E-state index in [2.05, 4.69) is 15.6 Å². The molecule has 5 rings (SSSR count). The summed E-state index contributed by atoms with van der Waals surface area (Å²) in [6, 6.07) is 13.1. The summed E-state index contributed by atoms with van der Waals surface area (Å²) >= 11 is 0. The number of nitrogens with one attached hydrogen (secondary N) is 1. The van der Waals surface area contributed by atoms with Crippen molar-refractivity contribution in [2.24, 2.45) is 0 Å². The normalized spacial score (nSPS) is 15.4. The second-order valence-corrected chi connectivity index (χ2v) is 9.58. The fraction of sp³-hybridized carbons (Fsp3) is 0.379. The number of methoxy groups -OCH3 is 3. The number of furan rings is 1. The van der Waals surface area contributed by atoms with Gasteiger partial charge in [-0.1, -0.05) is 17.3 Å². The Balaban J connectivity index is 1.56. The van der Waals surface area contributed by atoms with Gasteiger partial charge in [0.05, 0.1) is 45.8 Å². The van der Waals surface area contributed by atoms with Gasteiger partial charge in [0.2, 0.25) is 17.6 Å². The van der Waals surface area contributed by atoms with E-state index in [1.807, 2.05) is 24.3 Å². The highest BCUT2D eigenvalue weighted by atomic mass is 16.5. The van der Waals surface area contributed by atoms with E-state index in [-0.39, 0.29) is 25.1 Å². The summed E-state index contributed by atoms with van der Waals surface area (Å²) in [5.41, 5.74) is 1.83. The highest BCUT2D eigenvalue weighted by molar-refractivity contribution is 5.89. The molecule has 2 atom stereocenters. The van der Waals surface area contributed by atoms with Crippen molar-refractivity contribution < 1.29 is 33.0 Å². The third-order valence-corrected chi connectivity index (χ3v) is 7.02. The molecule has 12 nitrogen and oxygen atoms in total. The van der Waals surface area contributed by atoms with Gasteiger partial charge < -0.3 is 33.6 Å². The lowest BCUT2D eigenvalue weighted by molar-refractivity contribution is -0.142. The monoisotopic (exact) mass is 563 g/mol. The van der Waals surface area contributed by atoms with E-state index in [0.29, 0.717) is 52.8 Å². The van der Waals surface area contributed by atoms with Crippen LogP contribution in [0.3, 0.4) is 0 Å². The van der Waals surface area contributed by atoms with Crippen molar-refractivity contribution in [2.45, 2.75) is 38.1 Å². The summed E-state index contributed by atoms with van der Waals surface area (Å²) in [6.45, 7) is 0.844. The maximum Gasteiger partial charge on any atom is 0.247 e. The second-order valence-electron chi connectivity index (χ2n) is 9.58. The fourth-order valence-corrected chi connectivity index (χ4v) is 5.00. The molecule has 216 valence electrons. The van der Waals surface area contributed by atoms with Gasteiger partial charge in [0, 0.05) is 13.2 Å². The Morgan fingerprint density at radius 2 is 1.88 bits per heavy atom. The summed E-state index contributed by atoms with van der Waals surface area (Å²) < 4.78 is 29.5. The molecule has 0 unspecified atom stereocenters. The van der Waals surface area contributed by atoms with Gasteiger partial charge in [-0.25, -0.2) is 4.68 Å². The highest BCUT2D eigenvalue weighted by Crippen LogP contribution is 2.41. The van der Waals surface area contributed by atoms with E-state index in [4.69, 9.17) is 23.4 Å². The molecule has 2 aromatic heterocycles. The first-order valence-corrected chi connectivity index (χ1v) is 13.3. The van der Waals surface area contributed by atoms with E-state index in [1.54, 1.807) is 24.3 Å². The average molecular weight is 564 g/mol. The van der Waals surface area contributed by atoms with Gasteiger partial charge in [-0.2, -0.15) is 0 Å². The largest absolute Gasteiger partial charge is 0.493 e. The Kier molecular flexibility index (Phi) is 8.68. The van der Waals surface area contributed by atoms with Gasteiger partial charge in [0.25, 0.3) is 0 Å². The zero-order chi connectivity index (χ0) is 28.8. The van der Waals surface area contributed by atoms with Crippen LogP contribution in [0.25, 0.3) is 11.0 Å². The molecular weight excluding hydrogens is 530 g/mol. The van der Waals surface area contributed by atoms with Crippen LogP contribution in [0.5, 0.6) is 17.2 Å². The number of benzene rings is 2. The number of hydrogen-bond acceptors (Lipinski definition) is 9. The number of para-hydroxylation sites is 1. The molecule has 0 aliphatic carbocycles.